The number of rotatable bonds is 4. The number of carbonyl (C=O) groups excluding carboxylic acids is 3. The van der Waals surface area contributed by atoms with Gasteiger partial charge in [-0.2, -0.15) is 0 Å². The minimum atomic E-state index is -0.729. The Morgan fingerprint density at radius 3 is 2.36 bits per heavy atom. The highest BCUT2D eigenvalue weighted by atomic mass is 19.1. The van der Waals surface area contributed by atoms with Crippen molar-refractivity contribution in [3.05, 3.63) is 47.3 Å². The van der Waals surface area contributed by atoms with Crippen molar-refractivity contribution >= 4 is 17.7 Å². The minimum Gasteiger partial charge on any atom is -0.469 e. The molecule has 0 spiro atoms. The number of fused-ring (bicyclic) bond motifs is 7. The number of methoxy groups -OCH3 is 1. The maximum atomic E-state index is 14.1. The van der Waals surface area contributed by atoms with Crippen LogP contribution in [0.5, 0.6) is 0 Å². The van der Waals surface area contributed by atoms with Gasteiger partial charge in [-0.25, -0.2) is 4.39 Å². The fraction of sp³-hybridized carbons (Fsp3) is 0.718. The zero-order chi connectivity index (χ0) is 32.8. The molecule has 1 amide bonds. The molecule has 45 heavy (non-hydrogen) atoms. The maximum absolute atomic E-state index is 14.1. The Morgan fingerprint density at radius 2 is 1.67 bits per heavy atom. The van der Waals surface area contributed by atoms with E-state index in [0.29, 0.717) is 17.9 Å². The number of allylic oxidation sites excluding steroid dienone is 2. The van der Waals surface area contributed by atoms with Crippen molar-refractivity contribution in [3.8, 4) is 0 Å². The van der Waals surface area contributed by atoms with Crippen LogP contribution in [0.1, 0.15) is 112 Å². The molecule has 0 heterocycles. The van der Waals surface area contributed by atoms with Gasteiger partial charge in [-0.05, 0) is 115 Å². The van der Waals surface area contributed by atoms with Gasteiger partial charge < -0.3 is 10.1 Å². The number of ketones is 1. The number of benzene rings is 1. The van der Waals surface area contributed by atoms with Gasteiger partial charge in [0.05, 0.1) is 18.4 Å². The highest BCUT2D eigenvalue weighted by Crippen LogP contribution is 2.75. The van der Waals surface area contributed by atoms with Gasteiger partial charge in [0.1, 0.15) is 5.82 Å². The topological polar surface area (TPSA) is 72.5 Å². The first kappa shape index (κ1) is 32.4. The lowest BCUT2D eigenvalue weighted by Gasteiger charge is -2.71. The molecule has 1 aromatic carbocycles. The van der Waals surface area contributed by atoms with Gasteiger partial charge in [-0.1, -0.05) is 72.2 Å². The minimum absolute atomic E-state index is 0.0226. The lowest BCUT2D eigenvalue weighted by Crippen LogP contribution is -2.66. The number of hydrogen-bond donors (Lipinski definition) is 1. The van der Waals surface area contributed by atoms with Crippen LogP contribution in [0.4, 0.5) is 4.39 Å². The van der Waals surface area contributed by atoms with Crippen molar-refractivity contribution in [2.75, 3.05) is 7.11 Å². The summed E-state index contributed by atoms with van der Waals surface area (Å²) in [5, 5.41) is 2.99. The molecule has 5 aliphatic carbocycles. The zero-order valence-electron chi connectivity index (χ0n) is 28.8. The van der Waals surface area contributed by atoms with Crippen molar-refractivity contribution in [2.45, 2.75) is 113 Å². The van der Waals surface area contributed by atoms with Crippen molar-refractivity contribution in [1.29, 1.82) is 0 Å². The van der Waals surface area contributed by atoms with Crippen LogP contribution in [-0.4, -0.2) is 24.8 Å². The number of ether oxygens (including phenoxy) is 1. The summed E-state index contributed by atoms with van der Waals surface area (Å²) < 4.78 is 19.3. The third kappa shape index (κ3) is 4.61. The van der Waals surface area contributed by atoms with Crippen molar-refractivity contribution in [1.82, 2.24) is 5.32 Å². The van der Waals surface area contributed by atoms with Gasteiger partial charge in [0, 0.05) is 12.0 Å². The SMILES string of the molecule is COC(=O)C12CCC(C)(C)CC1C1=CCC3C4(C)CC(C(=O)NCc5cccc(F)c5)C(=O)C(C)(C)C4CCC3(C)C1(C)CC2. The molecule has 6 heteroatoms. The predicted octanol–water partition coefficient (Wildman–Crippen LogP) is 8.21. The van der Waals surface area contributed by atoms with Gasteiger partial charge in [0.2, 0.25) is 5.91 Å². The lowest BCUT2D eigenvalue weighted by molar-refractivity contribution is -0.196. The van der Waals surface area contributed by atoms with E-state index in [9.17, 15) is 18.8 Å². The number of esters is 1. The maximum Gasteiger partial charge on any atom is 0.312 e. The Morgan fingerprint density at radius 1 is 0.956 bits per heavy atom. The van der Waals surface area contributed by atoms with Crippen LogP contribution in [0.25, 0.3) is 0 Å². The van der Waals surface area contributed by atoms with Gasteiger partial charge in [-0.15, -0.1) is 0 Å². The molecule has 8 atom stereocenters. The molecule has 4 saturated carbocycles. The van der Waals surface area contributed by atoms with Crippen LogP contribution >= 0.6 is 0 Å². The average molecular weight is 620 g/mol. The predicted molar refractivity (Wildman–Crippen MR) is 173 cm³/mol. The summed E-state index contributed by atoms with van der Waals surface area (Å²) in [5.41, 5.74) is 0.963. The van der Waals surface area contributed by atoms with Crippen LogP contribution in [0.15, 0.2) is 35.9 Å². The van der Waals surface area contributed by atoms with E-state index < -0.39 is 16.7 Å². The van der Waals surface area contributed by atoms with Crippen molar-refractivity contribution in [3.63, 3.8) is 0 Å². The molecule has 0 aromatic heterocycles. The van der Waals surface area contributed by atoms with Crippen LogP contribution in [0, 0.1) is 62.0 Å². The van der Waals surface area contributed by atoms with E-state index in [1.54, 1.807) is 19.2 Å². The average Bonchev–Trinajstić information content (AvgIpc) is 2.97. The zero-order valence-corrected chi connectivity index (χ0v) is 28.8. The summed E-state index contributed by atoms with van der Waals surface area (Å²) >= 11 is 0. The number of nitrogens with one attached hydrogen (secondary N) is 1. The van der Waals surface area contributed by atoms with Crippen LogP contribution in [-0.2, 0) is 25.7 Å². The van der Waals surface area contributed by atoms with E-state index in [0.717, 1.165) is 51.4 Å². The Kier molecular flexibility index (Phi) is 7.57. The molecule has 5 nitrogen and oxygen atoms in total. The van der Waals surface area contributed by atoms with E-state index in [1.165, 1.54) is 17.7 Å². The molecule has 5 aliphatic rings. The van der Waals surface area contributed by atoms with E-state index in [1.807, 2.05) is 0 Å². The molecule has 0 bridgehead atoms. The fourth-order valence-electron chi connectivity index (χ4n) is 12.0. The molecule has 6 rings (SSSR count). The Hall–Kier alpha value is -2.50. The Bertz CT molecular complexity index is 1450. The molecule has 4 fully saturated rings. The second-order valence-electron chi connectivity index (χ2n) is 17.6. The number of Topliss-reactive ketones (excluding diaryl/α,β-unsaturated/α-hetero) is 1. The Labute approximate surface area is 269 Å². The first-order valence-corrected chi connectivity index (χ1v) is 17.3. The summed E-state index contributed by atoms with van der Waals surface area (Å²) in [5.74, 6) is -0.628. The second-order valence-corrected chi connectivity index (χ2v) is 17.6. The van der Waals surface area contributed by atoms with Crippen LogP contribution in [0.3, 0.4) is 0 Å². The van der Waals surface area contributed by atoms with E-state index in [4.69, 9.17) is 4.74 Å². The van der Waals surface area contributed by atoms with Crippen molar-refractivity contribution in [2.24, 2.45) is 56.2 Å². The number of hydrogen-bond acceptors (Lipinski definition) is 4. The van der Waals surface area contributed by atoms with Gasteiger partial charge >= 0.3 is 5.97 Å². The largest absolute Gasteiger partial charge is 0.469 e. The summed E-state index contributed by atoms with van der Waals surface area (Å²) in [7, 11) is 1.55. The quantitative estimate of drug-likeness (QED) is 0.209. The molecule has 246 valence electrons. The molecule has 1 N–H and O–H groups in total. The fourth-order valence-corrected chi connectivity index (χ4v) is 12.0. The van der Waals surface area contributed by atoms with E-state index >= 15 is 0 Å². The Balaban J connectivity index is 1.35. The summed E-state index contributed by atoms with van der Waals surface area (Å²) in [4.78, 5) is 41.4. The summed E-state index contributed by atoms with van der Waals surface area (Å²) in [6.07, 6.45) is 10.7. The number of carbonyl (C=O) groups is 3. The molecule has 0 radical (unpaired) electrons. The van der Waals surface area contributed by atoms with Crippen LogP contribution in [0.2, 0.25) is 0 Å². The third-order valence-corrected chi connectivity index (χ3v) is 14.6. The third-order valence-electron chi connectivity index (χ3n) is 14.6. The molecular weight excluding hydrogens is 565 g/mol. The monoisotopic (exact) mass is 619 g/mol. The summed E-state index contributed by atoms with van der Waals surface area (Å²) in [6.45, 7) is 16.4. The molecule has 0 saturated heterocycles. The number of halogens is 1. The standard InChI is InChI=1S/C39H54FNO4/c1-34(2)16-18-39(33(44)45-8)19-17-37(6)27(28(39)22-34)12-13-30-36(5)21-26(32(43)41-23-24-10-9-11-25(40)20-24)31(42)35(3,4)29(36)14-15-38(30,37)7/h9-12,20,26,28-30H,13-19,21-23H2,1-8H3,(H,41,43). The number of amides is 1. The highest BCUT2D eigenvalue weighted by Gasteiger charge is 2.70. The highest BCUT2D eigenvalue weighted by molar-refractivity contribution is 6.04. The summed E-state index contributed by atoms with van der Waals surface area (Å²) in [6, 6.07) is 6.25. The lowest BCUT2D eigenvalue weighted by atomic mass is 9.33. The first-order chi connectivity index (χ1) is 20.9. The van der Waals surface area contributed by atoms with E-state index in [-0.39, 0.29) is 63.5 Å². The smallest absolute Gasteiger partial charge is 0.312 e. The van der Waals surface area contributed by atoms with Gasteiger partial charge in [0.25, 0.3) is 0 Å². The molecule has 8 unspecified atom stereocenters. The molecular formula is C39H54FNO4. The molecule has 1 aromatic rings. The first-order valence-electron chi connectivity index (χ1n) is 17.3. The van der Waals surface area contributed by atoms with Gasteiger partial charge in [-0.3, -0.25) is 14.4 Å². The molecule has 0 aliphatic heterocycles. The van der Waals surface area contributed by atoms with Gasteiger partial charge in [0.15, 0.2) is 5.78 Å². The second kappa shape index (κ2) is 10.5. The van der Waals surface area contributed by atoms with Crippen molar-refractivity contribution < 1.29 is 23.5 Å². The normalized spacial score (nSPS) is 41.4. The van der Waals surface area contributed by atoms with E-state index in [2.05, 4.69) is 59.9 Å². The van der Waals surface area contributed by atoms with Crippen LogP contribution < -0.4 is 5.32 Å².